The highest BCUT2D eigenvalue weighted by Crippen LogP contribution is 2.40. The lowest BCUT2D eigenvalue weighted by atomic mass is 9.79. The number of amides is 1. The molecular formula is C23H27FN2O4S. The summed E-state index contributed by atoms with van der Waals surface area (Å²) in [6.07, 6.45) is 6.95. The molecule has 2 N–H and O–H groups in total. The van der Waals surface area contributed by atoms with E-state index < -0.39 is 10.0 Å². The third kappa shape index (κ3) is 5.32. The number of hydrogen-bond acceptors (Lipinski definition) is 4. The molecule has 3 rings (SSSR count). The Kier molecular flexibility index (Phi) is 7.12. The average molecular weight is 447 g/mol. The van der Waals surface area contributed by atoms with Crippen LogP contribution in [0.3, 0.4) is 0 Å². The fraction of sp³-hybridized carbons (Fsp3) is 0.348. The number of rotatable bonds is 8. The van der Waals surface area contributed by atoms with Gasteiger partial charge in [-0.2, -0.15) is 0 Å². The number of carbonyl (C=O) groups is 1. The molecule has 0 atom stereocenters. The van der Waals surface area contributed by atoms with Gasteiger partial charge in [-0.1, -0.05) is 31.0 Å². The van der Waals surface area contributed by atoms with Crippen LogP contribution in [-0.2, 0) is 20.2 Å². The van der Waals surface area contributed by atoms with Crippen molar-refractivity contribution in [1.82, 2.24) is 10.0 Å². The number of methoxy groups -OCH3 is 1. The van der Waals surface area contributed by atoms with Crippen LogP contribution in [0.15, 0.2) is 53.4 Å². The van der Waals surface area contributed by atoms with Crippen LogP contribution in [0, 0.1) is 5.82 Å². The average Bonchev–Trinajstić information content (AvgIpc) is 3.26. The number of ether oxygens (including phenoxy) is 1. The van der Waals surface area contributed by atoms with Crippen LogP contribution in [0.1, 0.15) is 36.8 Å². The second kappa shape index (κ2) is 9.62. The van der Waals surface area contributed by atoms with E-state index in [0.29, 0.717) is 12.1 Å². The Morgan fingerprint density at radius 1 is 1.16 bits per heavy atom. The second-order valence-electron chi connectivity index (χ2n) is 7.66. The van der Waals surface area contributed by atoms with E-state index in [1.807, 2.05) is 0 Å². The predicted octanol–water partition coefficient (Wildman–Crippen LogP) is 3.38. The Morgan fingerprint density at radius 3 is 2.45 bits per heavy atom. The maximum atomic E-state index is 13.3. The molecule has 1 fully saturated rings. The fourth-order valence-electron chi connectivity index (χ4n) is 4.03. The lowest BCUT2D eigenvalue weighted by Crippen LogP contribution is -2.38. The molecule has 166 valence electrons. The highest BCUT2D eigenvalue weighted by molar-refractivity contribution is 7.89. The van der Waals surface area contributed by atoms with Crippen LogP contribution < -0.4 is 14.8 Å². The van der Waals surface area contributed by atoms with Crippen LogP contribution >= 0.6 is 0 Å². The number of nitrogens with one attached hydrogen (secondary N) is 2. The van der Waals surface area contributed by atoms with Gasteiger partial charge in [0.05, 0.1) is 7.11 Å². The molecule has 0 aliphatic heterocycles. The van der Waals surface area contributed by atoms with Gasteiger partial charge in [0.25, 0.3) is 0 Å². The van der Waals surface area contributed by atoms with Crippen molar-refractivity contribution in [3.05, 3.63) is 65.5 Å². The molecule has 8 heteroatoms. The SMILES string of the molecule is CNS(=O)(=O)c1cc(/C=C/C(=O)NCC2(c3ccc(F)cc3)CCCC2)ccc1OC. The van der Waals surface area contributed by atoms with Crippen LogP contribution in [0.5, 0.6) is 5.75 Å². The molecule has 0 aromatic heterocycles. The summed E-state index contributed by atoms with van der Waals surface area (Å²) < 4.78 is 45.1. The smallest absolute Gasteiger partial charge is 0.244 e. The zero-order valence-corrected chi connectivity index (χ0v) is 18.5. The Morgan fingerprint density at radius 2 is 1.84 bits per heavy atom. The van der Waals surface area contributed by atoms with Gasteiger partial charge in [0.1, 0.15) is 16.5 Å². The van der Waals surface area contributed by atoms with Gasteiger partial charge < -0.3 is 10.1 Å². The molecular weight excluding hydrogens is 419 g/mol. The van der Waals surface area contributed by atoms with E-state index in [-0.39, 0.29) is 27.8 Å². The Balaban J connectivity index is 1.72. The first-order chi connectivity index (χ1) is 14.8. The first kappa shape index (κ1) is 23.0. The normalized spacial score (nSPS) is 15.8. The zero-order chi connectivity index (χ0) is 22.5. The maximum absolute atomic E-state index is 13.3. The largest absolute Gasteiger partial charge is 0.495 e. The van der Waals surface area contributed by atoms with Crippen LogP contribution in [0.2, 0.25) is 0 Å². The number of benzene rings is 2. The summed E-state index contributed by atoms with van der Waals surface area (Å²) in [6.45, 7) is 0.462. The van der Waals surface area contributed by atoms with Crippen molar-refractivity contribution in [3.63, 3.8) is 0 Å². The molecule has 0 heterocycles. The number of halogens is 1. The van der Waals surface area contributed by atoms with Crippen molar-refractivity contribution < 1.29 is 22.3 Å². The molecule has 0 bridgehead atoms. The lowest BCUT2D eigenvalue weighted by molar-refractivity contribution is -0.116. The highest BCUT2D eigenvalue weighted by atomic mass is 32.2. The summed E-state index contributed by atoms with van der Waals surface area (Å²) in [5.74, 6) is -0.330. The third-order valence-corrected chi connectivity index (χ3v) is 7.23. The Bertz CT molecular complexity index is 1060. The minimum atomic E-state index is -3.70. The lowest BCUT2D eigenvalue weighted by Gasteiger charge is -2.29. The monoisotopic (exact) mass is 446 g/mol. The van der Waals surface area contributed by atoms with E-state index in [0.717, 1.165) is 31.2 Å². The van der Waals surface area contributed by atoms with E-state index >= 15 is 0 Å². The predicted molar refractivity (Wildman–Crippen MR) is 118 cm³/mol. The van der Waals surface area contributed by atoms with E-state index in [9.17, 15) is 17.6 Å². The topological polar surface area (TPSA) is 84.5 Å². The number of sulfonamides is 1. The first-order valence-corrected chi connectivity index (χ1v) is 11.6. The summed E-state index contributed by atoms with van der Waals surface area (Å²) in [5, 5.41) is 2.95. The van der Waals surface area contributed by atoms with Gasteiger partial charge >= 0.3 is 0 Å². The van der Waals surface area contributed by atoms with Crippen molar-refractivity contribution in [3.8, 4) is 5.75 Å². The van der Waals surface area contributed by atoms with E-state index in [2.05, 4.69) is 10.0 Å². The standard InChI is InChI=1S/C23H27FN2O4S/c1-25-31(28,29)21-15-17(5-11-20(21)30-2)6-12-22(27)26-16-23(13-3-4-14-23)18-7-9-19(24)10-8-18/h5-12,15,25H,3-4,13-14,16H2,1-2H3,(H,26,27)/b12-6+. The first-order valence-electron chi connectivity index (χ1n) is 10.1. The molecule has 6 nitrogen and oxygen atoms in total. The minimum absolute atomic E-state index is 0.00118. The van der Waals surface area contributed by atoms with Crippen molar-refractivity contribution >= 4 is 22.0 Å². The molecule has 1 saturated carbocycles. The number of carbonyl (C=O) groups excluding carboxylic acids is 1. The van der Waals surface area contributed by atoms with Gasteiger partial charge in [-0.15, -0.1) is 0 Å². The molecule has 0 spiro atoms. The molecule has 0 radical (unpaired) electrons. The Hall–Kier alpha value is -2.71. The highest BCUT2D eigenvalue weighted by Gasteiger charge is 2.35. The zero-order valence-electron chi connectivity index (χ0n) is 17.7. The van der Waals surface area contributed by atoms with Crippen LogP contribution in [0.4, 0.5) is 4.39 Å². The van der Waals surface area contributed by atoms with Crippen molar-refractivity contribution in [2.45, 2.75) is 36.0 Å². The van der Waals surface area contributed by atoms with E-state index in [1.165, 1.54) is 38.4 Å². The van der Waals surface area contributed by atoms with E-state index in [4.69, 9.17) is 4.74 Å². The van der Waals surface area contributed by atoms with E-state index in [1.54, 1.807) is 30.3 Å². The molecule has 1 aliphatic carbocycles. The number of hydrogen-bond donors (Lipinski definition) is 2. The van der Waals surface area contributed by atoms with Gasteiger partial charge in [0, 0.05) is 18.0 Å². The molecule has 0 saturated heterocycles. The molecule has 1 aliphatic rings. The fourth-order valence-corrected chi connectivity index (χ4v) is 4.95. The summed E-state index contributed by atoms with van der Waals surface area (Å²) in [5.41, 5.74) is 1.40. The second-order valence-corrected chi connectivity index (χ2v) is 9.52. The van der Waals surface area contributed by atoms with Crippen molar-refractivity contribution in [2.75, 3.05) is 20.7 Å². The molecule has 2 aromatic carbocycles. The summed E-state index contributed by atoms with van der Waals surface area (Å²) in [7, 11) is -0.981. The van der Waals surface area contributed by atoms with Crippen molar-refractivity contribution in [1.29, 1.82) is 0 Å². The molecule has 2 aromatic rings. The Labute approximate surface area is 182 Å². The summed E-state index contributed by atoms with van der Waals surface area (Å²) in [6, 6.07) is 11.2. The van der Waals surface area contributed by atoms with Crippen LogP contribution in [0.25, 0.3) is 6.08 Å². The van der Waals surface area contributed by atoms with Crippen LogP contribution in [-0.4, -0.2) is 35.0 Å². The van der Waals surface area contributed by atoms with Gasteiger partial charge in [0.15, 0.2) is 0 Å². The third-order valence-electron chi connectivity index (χ3n) is 5.79. The molecule has 0 unspecified atom stereocenters. The van der Waals surface area contributed by atoms with Crippen molar-refractivity contribution in [2.24, 2.45) is 0 Å². The maximum Gasteiger partial charge on any atom is 0.244 e. The molecule has 31 heavy (non-hydrogen) atoms. The van der Waals surface area contributed by atoms with Gasteiger partial charge in [-0.25, -0.2) is 17.5 Å². The van der Waals surface area contributed by atoms with Gasteiger partial charge in [-0.3, -0.25) is 4.79 Å². The summed E-state index contributed by atoms with van der Waals surface area (Å²) in [4.78, 5) is 12.4. The minimum Gasteiger partial charge on any atom is -0.495 e. The summed E-state index contributed by atoms with van der Waals surface area (Å²) >= 11 is 0. The molecule has 1 amide bonds. The van der Waals surface area contributed by atoms with Gasteiger partial charge in [0.2, 0.25) is 15.9 Å². The van der Waals surface area contributed by atoms with Gasteiger partial charge in [-0.05, 0) is 61.4 Å². The quantitative estimate of drug-likeness (QED) is 0.609.